The van der Waals surface area contributed by atoms with Crippen LogP contribution in [0.5, 0.6) is 0 Å². The van der Waals surface area contributed by atoms with Gasteiger partial charge >= 0.3 is 0 Å². The Morgan fingerprint density at radius 1 is 1.20 bits per heavy atom. The molecule has 0 unspecified atom stereocenters. The summed E-state index contributed by atoms with van der Waals surface area (Å²) in [4.78, 5) is 12.1. The highest BCUT2D eigenvalue weighted by atomic mass is 35.5. The van der Waals surface area contributed by atoms with Crippen LogP contribution in [-0.2, 0) is 0 Å². The fourth-order valence-electron chi connectivity index (χ4n) is 1.66. The number of hydrogen-bond donors (Lipinski definition) is 3. The van der Waals surface area contributed by atoms with Gasteiger partial charge in [-0.3, -0.25) is 4.79 Å². The molecule has 0 fully saturated rings. The number of halogens is 1. The van der Waals surface area contributed by atoms with Crippen LogP contribution >= 0.6 is 11.6 Å². The predicted octanol–water partition coefficient (Wildman–Crippen LogP) is 2.63. The van der Waals surface area contributed by atoms with E-state index in [0.717, 1.165) is 0 Å². The van der Waals surface area contributed by atoms with E-state index in [-0.39, 0.29) is 10.7 Å². The maximum absolute atomic E-state index is 12.1. The number of nitrogens with zero attached hydrogens (tertiary/aromatic N) is 1. The molecule has 5 N–H and O–H groups in total. The van der Waals surface area contributed by atoms with Crippen molar-refractivity contribution in [1.29, 1.82) is 5.26 Å². The molecule has 0 bridgehead atoms. The summed E-state index contributed by atoms with van der Waals surface area (Å²) in [5.41, 5.74) is 13.2. The summed E-state index contributed by atoms with van der Waals surface area (Å²) < 4.78 is 0. The standard InChI is InChI=1S/C14H11ClN4O/c15-11-5-8(7-16)1-4-13(11)19-14(20)10-3-2-9(17)6-12(10)18/h1-6H,17-18H2,(H,19,20). The number of benzene rings is 2. The molecule has 2 rings (SSSR count). The van der Waals surface area contributed by atoms with Gasteiger partial charge in [0, 0.05) is 11.4 Å². The molecule has 0 heterocycles. The Kier molecular flexibility index (Phi) is 3.78. The molecular formula is C14H11ClN4O. The van der Waals surface area contributed by atoms with Crippen LogP contribution < -0.4 is 16.8 Å². The number of amides is 1. The highest BCUT2D eigenvalue weighted by Crippen LogP contribution is 2.24. The van der Waals surface area contributed by atoms with Crippen molar-refractivity contribution in [3.8, 4) is 6.07 Å². The molecule has 0 aliphatic carbocycles. The molecular weight excluding hydrogens is 276 g/mol. The maximum Gasteiger partial charge on any atom is 0.257 e. The van der Waals surface area contributed by atoms with Gasteiger partial charge in [-0.2, -0.15) is 5.26 Å². The molecule has 0 spiro atoms. The molecule has 0 saturated heterocycles. The molecule has 20 heavy (non-hydrogen) atoms. The minimum Gasteiger partial charge on any atom is -0.399 e. The highest BCUT2D eigenvalue weighted by molar-refractivity contribution is 6.34. The number of nitrogens with one attached hydrogen (secondary N) is 1. The van der Waals surface area contributed by atoms with Crippen molar-refractivity contribution in [1.82, 2.24) is 0 Å². The van der Waals surface area contributed by atoms with E-state index in [1.165, 1.54) is 18.2 Å². The summed E-state index contributed by atoms with van der Waals surface area (Å²) in [7, 11) is 0. The number of nitriles is 1. The van der Waals surface area contributed by atoms with Crippen molar-refractivity contribution >= 4 is 34.6 Å². The monoisotopic (exact) mass is 286 g/mol. The molecule has 0 aromatic heterocycles. The van der Waals surface area contributed by atoms with Crippen molar-refractivity contribution in [3.05, 3.63) is 52.5 Å². The first-order chi connectivity index (χ1) is 9.51. The van der Waals surface area contributed by atoms with Crippen molar-refractivity contribution in [2.45, 2.75) is 0 Å². The fraction of sp³-hybridized carbons (Fsp3) is 0. The van der Waals surface area contributed by atoms with Crippen LogP contribution in [0.2, 0.25) is 5.02 Å². The molecule has 0 atom stereocenters. The summed E-state index contributed by atoms with van der Waals surface area (Å²) in [5, 5.41) is 11.7. The maximum atomic E-state index is 12.1. The lowest BCUT2D eigenvalue weighted by molar-refractivity contribution is 0.102. The van der Waals surface area contributed by atoms with Gasteiger partial charge in [0.2, 0.25) is 0 Å². The van der Waals surface area contributed by atoms with Gasteiger partial charge in [-0.15, -0.1) is 0 Å². The summed E-state index contributed by atoms with van der Waals surface area (Å²) in [6, 6.07) is 11.2. The quantitative estimate of drug-likeness (QED) is 0.738. The molecule has 0 saturated carbocycles. The normalized spacial score (nSPS) is 9.80. The first-order valence-electron chi connectivity index (χ1n) is 5.67. The van der Waals surface area contributed by atoms with E-state index < -0.39 is 5.91 Å². The molecule has 6 heteroatoms. The number of rotatable bonds is 2. The molecule has 100 valence electrons. The SMILES string of the molecule is N#Cc1ccc(NC(=O)c2ccc(N)cc2N)c(Cl)c1. The Morgan fingerprint density at radius 3 is 2.55 bits per heavy atom. The largest absolute Gasteiger partial charge is 0.399 e. The number of nitrogen functional groups attached to an aromatic ring is 2. The Bertz CT molecular complexity index is 722. The van der Waals surface area contributed by atoms with E-state index in [1.807, 2.05) is 6.07 Å². The van der Waals surface area contributed by atoms with Crippen LogP contribution in [0.15, 0.2) is 36.4 Å². The van der Waals surface area contributed by atoms with Crippen LogP contribution in [0.1, 0.15) is 15.9 Å². The number of carbonyl (C=O) groups is 1. The van der Waals surface area contributed by atoms with E-state index in [0.29, 0.717) is 22.5 Å². The minimum atomic E-state index is -0.394. The zero-order valence-corrected chi connectivity index (χ0v) is 11.1. The lowest BCUT2D eigenvalue weighted by Crippen LogP contribution is -2.14. The average Bonchev–Trinajstić information content (AvgIpc) is 2.40. The molecule has 0 radical (unpaired) electrons. The second-order valence-corrected chi connectivity index (χ2v) is 4.51. The first kappa shape index (κ1) is 13.7. The van der Waals surface area contributed by atoms with Gasteiger partial charge in [0.1, 0.15) is 0 Å². The Morgan fingerprint density at radius 2 is 1.95 bits per heavy atom. The van der Waals surface area contributed by atoms with Crippen LogP contribution in [0.3, 0.4) is 0 Å². The highest BCUT2D eigenvalue weighted by Gasteiger charge is 2.12. The third-order valence-corrected chi connectivity index (χ3v) is 2.98. The molecule has 0 aliphatic rings. The second kappa shape index (κ2) is 5.51. The van der Waals surface area contributed by atoms with Gasteiger partial charge < -0.3 is 16.8 Å². The predicted molar refractivity (Wildman–Crippen MR) is 79.4 cm³/mol. The van der Waals surface area contributed by atoms with Gasteiger partial charge in [0.15, 0.2) is 0 Å². The van der Waals surface area contributed by atoms with Crippen LogP contribution in [0, 0.1) is 11.3 Å². The lowest BCUT2D eigenvalue weighted by atomic mass is 10.1. The minimum absolute atomic E-state index is 0.284. The molecule has 2 aromatic rings. The number of anilines is 3. The summed E-state index contributed by atoms with van der Waals surface area (Å²) >= 11 is 5.99. The summed E-state index contributed by atoms with van der Waals surface area (Å²) in [5.74, 6) is -0.394. The van der Waals surface area contributed by atoms with Crippen molar-refractivity contribution in [2.24, 2.45) is 0 Å². The Hall–Kier alpha value is -2.71. The van der Waals surface area contributed by atoms with Gasteiger partial charge in [-0.05, 0) is 36.4 Å². The number of nitrogens with two attached hydrogens (primary N) is 2. The van der Waals surface area contributed by atoms with Gasteiger partial charge in [-0.1, -0.05) is 11.6 Å². The number of hydrogen-bond acceptors (Lipinski definition) is 4. The molecule has 5 nitrogen and oxygen atoms in total. The van der Waals surface area contributed by atoms with E-state index in [2.05, 4.69) is 5.32 Å². The number of carbonyl (C=O) groups excluding carboxylic acids is 1. The van der Waals surface area contributed by atoms with Gasteiger partial charge in [0.25, 0.3) is 5.91 Å². The fourth-order valence-corrected chi connectivity index (χ4v) is 1.89. The van der Waals surface area contributed by atoms with E-state index >= 15 is 0 Å². The van der Waals surface area contributed by atoms with Crippen molar-refractivity contribution in [2.75, 3.05) is 16.8 Å². The zero-order valence-electron chi connectivity index (χ0n) is 10.4. The van der Waals surface area contributed by atoms with Crippen molar-refractivity contribution < 1.29 is 4.79 Å². The topological polar surface area (TPSA) is 105 Å². The first-order valence-corrected chi connectivity index (χ1v) is 6.05. The average molecular weight is 287 g/mol. The molecule has 2 aromatic carbocycles. The van der Waals surface area contributed by atoms with E-state index in [9.17, 15) is 4.79 Å². The second-order valence-electron chi connectivity index (χ2n) is 4.11. The van der Waals surface area contributed by atoms with Gasteiger partial charge in [-0.25, -0.2) is 0 Å². The molecule has 0 aliphatic heterocycles. The Balaban J connectivity index is 2.26. The van der Waals surface area contributed by atoms with Crippen LogP contribution in [0.4, 0.5) is 17.1 Å². The third-order valence-electron chi connectivity index (χ3n) is 2.67. The van der Waals surface area contributed by atoms with Crippen LogP contribution in [-0.4, -0.2) is 5.91 Å². The van der Waals surface area contributed by atoms with E-state index in [4.69, 9.17) is 28.3 Å². The zero-order chi connectivity index (χ0) is 14.7. The third kappa shape index (κ3) is 2.82. The van der Waals surface area contributed by atoms with Gasteiger partial charge in [0.05, 0.1) is 27.9 Å². The van der Waals surface area contributed by atoms with Crippen molar-refractivity contribution in [3.63, 3.8) is 0 Å². The van der Waals surface area contributed by atoms with Crippen LogP contribution in [0.25, 0.3) is 0 Å². The van der Waals surface area contributed by atoms with E-state index in [1.54, 1.807) is 18.2 Å². The smallest absolute Gasteiger partial charge is 0.257 e. The lowest BCUT2D eigenvalue weighted by Gasteiger charge is -2.09. The Labute approximate surface area is 120 Å². The molecule has 1 amide bonds. The summed E-state index contributed by atoms with van der Waals surface area (Å²) in [6.45, 7) is 0. The summed E-state index contributed by atoms with van der Waals surface area (Å²) in [6.07, 6.45) is 0.